The van der Waals surface area contributed by atoms with E-state index in [2.05, 4.69) is 4.90 Å². The van der Waals surface area contributed by atoms with Crippen LogP contribution in [0.25, 0.3) is 0 Å². The second-order valence-electron chi connectivity index (χ2n) is 5.28. The first-order valence-corrected chi connectivity index (χ1v) is 6.41. The Morgan fingerprint density at radius 2 is 1.82 bits per heavy atom. The Morgan fingerprint density at radius 3 is 2.35 bits per heavy atom. The van der Waals surface area contributed by atoms with Crippen molar-refractivity contribution in [2.24, 2.45) is 5.92 Å². The molecule has 2 atom stereocenters. The Labute approximate surface area is 101 Å². The highest BCUT2D eigenvalue weighted by Crippen LogP contribution is 2.37. The third-order valence-electron chi connectivity index (χ3n) is 4.27. The lowest BCUT2D eigenvalue weighted by Crippen LogP contribution is -2.51. The van der Waals surface area contributed by atoms with Gasteiger partial charge in [0.1, 0.15) is 5.82 Å². The molecule has 3 fully saturated rings. The number of nitrogens with zero attached hydrogens (tertiary/aromatic N) is 1. The van der Waals surface area contributed by atoms with E-state index in [0.717, 1.165) is 31.0 Å². The van der Waals surface area contributed by atoms with Gasteiger partial charge < -0.3 is 5.11 Å². The molecule has 1 N–H and O–H groups in total. The van der Waals surface area contributed by atoms with Gasteiger partial charge >= 0.3 is 0 Å². The molecule has 3 heteroatoms. The van der Waals surface area contributed by atoms with Crippen LogP contribution in [0.3, 0.4) is 0 Å². The van der Waals surface area contributed by atoms with Gasteiger partial charge in [-0.1, -0.05) is 12.1 Å². The molecule has 3 heterocycles. The summed E-state index contributed by atoms with van der Waals surface area (Å²) in [5, 5.41) is 10.4. The maximum atomic E-state index is 12.9. The summed E-state index contributed by atoms with van der Waals surface area (Å²) in [5.74, 6) is 0.534. The van der Waals surface area contributed by atoms with E-state index in [-0.39, 0.29) is 11.9 Å². The second-order valence-corrected chi connectivity index (χ2v) is 5.28. The molecule has 0 spiro atoms. The first-order valence-electron chi connectivity index (χ1n) is 6.41. The summed E-state index contributed by atoms with van der Waals surface area (Å²) in [4.78, 5) is 2.38. The molecule has 0 aromatic heterocycles. The molecule has 1 aromatic rings. The topological polar surface area (TPSA) is 23.5 Å². The van der Waals surface area contributed by atoms with Crippen LogP contribution in [-0.4, -0.2) is 29.1 Å². The Kier molecular flexibility index (Phi) is 2.89. The molecular weight excluding hydrogens is 217 g/mol. The minimum Gasteiger partial charge on any atom is -0.387 e. The number of aliphatic hydroxyl groups is 1. The maximum Gasteiger partial charge on any atom is 0.123 e. The standard InChI is InChI=1S/C14H18FNO/c15-12-3-1-11(2-4-12)14(17)13-9-10-5-7-16(13)8-6-10/h1-4,10,13-14,17H,5-9H2. The molecule has 4 rings (SSSR count). The summed E-state index contributed by atoms with van der Waals surface area (Å²) in [6.45, 7) is 2.21. The summed E-state index contributed by atoms with van der Waals surface area (Å²) < 4.78 is 12.9. The zero-order chi connectivity index (χ0) is 11.8. The fraction of sp³-hybridized carbons (Fsp3) is 0.571. The van der Waals surface area contributed by atoms with E-state index >= 15 is 0 Å². The smallest absolute Gasteiger partial charge is 0.123 e. The lowest BCUT2D eigenvalue weighted by atomic mass is 9.80. The van der Waals surface area contributed by atoms with Crippen molar-refractivity contribution in [3.8, 4) is 0 Å². The fourth-order valence-electron chi connectivity index (χ4n) is 3.22. The van der Waals surface area contributed by atoms with E-state index in [1.165, 1.54) is 25.0 Å². The summed E-state index contributed by atoms with van der Waals surface area (Å²) in [5.41, 5.74) is 0.837. The zero-order valence-electron chi connectivity index (χ0n) is 9.85. The van der Waals surface area contributed by atoms with Gasteiger partial charge in [-0.2, -0.15) is 0 Å². The number of piperidine rings is 3. The average Bonchev–Trinajstić information content (AvgIpc) is 2.40. The Bertz CT molecular complexity index is 384. The average molecular weight is 235 g/mol. The summed E-state index contributed by atoms with van der Waals surface area (Å²) >= 11 is 0. The second kappa shape index (κ2) is 4.39. The van der Waals surface area contributed by atoms with Gasteiger partial charge in [-0.15, -0.1) is 0 Å². The highest BCUT2D eigenvalue weighted by atomic mass is 19.1. The van der Waals surface area contributed by atoms with Crippen molar-refractivity contribution in [3.05, 3.63) is 35.6 Å². The van der Waals surface area contributed by atoms with Gasteiger partial charge in [0.05, 0.1) is 6.10 Å². The lowest BCUT2D eigenvalue weighted by molar-refractivity contribution is -0.0269. The summed E-state index contributed by atoms with van der Waals surface area (Å²) in [6.07, 6.45) is 3.15. The van der Waals surface area contributed by atoms with Crippen LogP contribution in [0, 0.1) is 11.7 Å². The summed E-state index contributed by atoms with van der Waals surface area (Å²) in [6, 6.07) is 6.48. The summed E-state index contributed by atoms with van der Waals surface area (Å²) in [7, 11) is 0. The molecule has 92 valence electrons. The van der Waals surface area contributed by atoms with Crippen LogP contribution < -0.4 is 0 Å². The van der Waals surface area contributed by atoms with E-state index in [1.54, 1.807) is 12.1 Å². The molecule has 2 unspecified atom stereocenters. The molecule has 3 aliphatic rings. The zero-order valence-corrected chi connectivity index (χ0v) is 9.85. The number of aliphatic hydroxyl groups excluding tert-OH is 1. The first kappa shape index (κ1) is 11.2. The van der Waals surface area contributed by atoms with Crippen LogP contribution in [0.2, 0.25) is 0 Å². The number of halogens is 1. The molecule has 0 amide bonds. The predicted octanol–water partition coefficient (Wildman–Crippen LogP) is 2.34. The maximum absolute atomic E-state index is 12.9. The van der Waals surface area contributed by atoms with Crippen LogP contribution in [0.15, 0.2) is 24.3 Å². The van der Waals surface area contributed by atoms with E-state index in [9.17, 15) is 9.50 Å². The molecular formula is C14H18FNO. The van der Waals surface area contributed by atoms with Gasteiger partial charge in [-0.3, -0.25) is 4.90 Å². The van der Waals surface area contributed by atoms with Gasteiger partial charge in [-0.25, -0.2) is 4.39 Å². The molecule has 3 aliphatic heterocycles. The highest BCUT2D eigenvalue weighted by molar-refractivity contribution is 5.20. The van der Waals surface area contributed by atoms with Crippen molar-refractivity contribution in [1.82, 2.24) is 4.90 Å². The highest BCUT2D eigenvalue weighted by Gasteiger charge is 2.37. The van der Waals surface area contributed by atoms with Crippen molar-refractivity contribution in [3.63, 3.8) is 0 Å². The molecule has 0 saturated carbocycles. The largest absolute Gasteiger partial charge is 0.387 e. The minimum atomic E-state index is -0.473. The number of fused-ring (bicyclic) bond motifs is 3. The van der Waals surface area contributed by atoms with Gasteiger partial charge in [0.2, 0.25) is 0 Å². The molecule has 0 radical (unpaired) electrons. The van der Waals surface area contributed by atoms with E-state index in [4.69, 9.17) is 0 Å². The van der Waals surface area contributed by atoms with Gasteiger partial charge in [-0.05, 0) is 56.0 Å². The Morgan fingerprint density at radius 1 is 1.18 bits per heavy atom. The van der Waals surface area contributed by atoms with Crippen LogP contribution in [0.4, 0.5) is 4.39 Å². The van der Waals surface area contributed by atoms with Crippen LogP contribution >= 0.6 is 0 Å². The number of hydrogen-bond acceptors (Lipinski definition) is 2. The quantitative estimate of drug-likeness (QED) is 0.850. The first-order chi connectivity index (χ1) is 8.24. The van der Waals surface area contributed by atoms with E-state index < -0.39 is 6.10 Å². The third-order valence-corrected chi connectivity index (χ3v) is 4.27. The van der Waals surface area contributed by atoms with Crippen molar-refractivity contribution in [2.75, 3.05) is 13.1 Å². The lowest BCUT2D eigenvalue weighted by Gasteiger charge is -2.47. The molecule has 3 saturated heterocycles. The molecule has 17 heavy (non-hydrogen) atoms. The SMILES string of the molecule is OC(c1ccc(F)cc1)C1CC2CCN1CC2. The molecule has 2 bridgehead atoms. The minimum absolute atomic E-state index is 0.230. The van der Waals surface area contributed by atoms with Gasteiger partial charge in [0, 0.05) is 6.04 Å². The van der Waals surface area contributed by atoms with Crippen molar-refractivity contribution >= 4 is 0 Å². The number of benzene rings is 1. The van der Waals surface area contributed by atoms with Crippen LogP contribution in [0.1, 0.15) is 30.9 Å². The van der Waals surface area contributed by atoms with Gasteiger partial charge in [0.15, 0.2) is 0 Å². The predicted molar refractivity (Wildman–Crippen MR) is 64.1 cm³/mol. The Balaban J connectivity index is 1.77. The monoisotopic (exact) mass is 235 g/mol. The van der Waals surface area contributed by atoms with Gasteiger partial charge in [0.25, 0.3) is 0 Å². The van der Waals surface area contributed by atoms with E-state index in [0.29, 0.717) is 0 Å². The van der Waals surface area contributed by atoms with E-state index in [1.807, 2.05) is 0 Å². The number of rotatable bonds is 2. The van der Waals surface area contributed by atoms with Crippen molar-refractivity contribution < 1.29 is 9.50 Å². The van der Waals surface area contributed by atoms with Crippen LogP contribution in [-0.2, 0) is 0 Å². The fourth-order valence-corrected chi connectivity index (χ4v) is 3.22. The molecule has 0 aliphatic carbocycles. The molecule has 1 aromatic carbocycles. The van der Waals surface area contributed by atoms with Crippen molar-refractivity contribution in [2.45, 2.75) is 31.4 Å². The van der Waals surface area contributed by atoms with Crippen molar-refractivity contribution in [1.29, 1.82) is 0 Å². The normalized spacial score (nSPS) is 33.6. The molecule has 2 nitrogen and oxygen atoms in total. The Hall–Kier alpha value is -0.930. The number of hydrogen-bond donors (Lipinski definition) is 1. The third kappa shape index (κ3) is 2.09. The van der Waals surface area contributed by atoms with Crippen LogP contribution in [0.5, 0.6) is 0 Å².